The highest BCUT2D eigenvalue weighted by Crippen LogP contribution is 2.13. The van der Waals surface area contributed by atoms with Gasteiger partial charge in [-0.3, -0.25) is 0 Å². The molecule has 1 aliphatic heterocycles. The van der Waals surface area contributed by atoms with E-state index in [4.69, 9.17) is 28.4 Å². The standard InChI is InChI=1S/C21H42O6/c1-2-3-4-5-6-8-11-22-13-14-23-15-16-24-17-18-25-19-20-27-21-10-7-9-12-26-21/h21H,2-20H2,1H3. The quantitative estimate of drug-likeness (QED) is 0.293. The number of rotatable bonds is 20. The van der Waals surface area contributed by atoms with Crippen molar-refractivity contribution in [2.75, 3.05) is 66.1 Å². The molecule has 0 aromatic heterocycles. The first-order chi connectivity index (χ1) is 13.4. The largest absolute Gasteiger partial charge is 0.379 e. The van der Waals surface area contributed by atoms with Crippen molar-refractivity contribution in [3.63, 3.8) is 0 Å². The van der Waals surface area contributed by atoms with Gasteiger partial charge in [-0.15, -0.1) is 0 Å². The molecular formula is C21H42O6. The lowest BCUT2D eigenvalue weighted by molar-refractivity contribution is -0.169. The Balaban J connectivity index is 1.64. The highest BCUT2D eigenvalue weighted by Gasteiger charge is 2.13. The van der Waals surface area contributed by atoms with Gasteiger partial charge < -0.3 is 28.4 Å². The molecule has 6 nitrogen and oxygen atoms in total. The fraction of sp³-hybridized carbons (Fsp3) is 1.00. The summed E-state index contributed by atoms with van der Waals surface area (Å²) in [5, 5.41) is 0. The van der Waals surface area contributed by atoms with Crippen molar-refractivity contribution in [1.82, 2.24) is 0 Å². The van der Waals surface area contributed by atoms with Crippen molar-refractivity contribution >= 4 is 0 Å². The molecule has 0 radical (unpaired) electrons. The normalized spacial score (nSPS) is 17.4. The first-order valence-corrected chi connectivity index (χ1v) is 11.0. The summed E-state index contributed by atoms with van der Waals surface area (Å²) in [5.74, 6) is 0. The number of hydrogen-bond donors (Lipinski definition) is 0. The Labute approximate surface area is 166 Å². The summed E-state index contributed by atoms with van der Waals surface area (Å²) >= 11 is 0. The van der Waals surface area contributed by atoms with Crippen LogP contribution < -0.4 is 0 Å². The molecule has 0 aliphatic carbocycles. The lowest BCUT2D eigenvalue weighted by Gasteiger charge is -2.22. The van der Waals surface area contributed by atoms with Gasteiger partial charge in [0, 0.05) is 13.2 Å². The Morgan fingerprint density at radius 2 is 1.19 bits per heavy atom. The zero-order valence-corrected chi connectivity index (χ0v) is 17.5. The molecule has 162 valence electrons. The zero-order valence-electron chi connectivity index (χ0n) is 17.5. The molecule has 27 heavy (non-hydrogen) atoms. The predicted molar refractivity (Wildman–Crippen MR) is 106 cm³/mol. The fourth-order valence-corrected chi connectivity index (χ4v) is 2.83. The fourth-order valence-electron chi connectivity index (χ4n) is 2.83. The Morgan fingerprint density at radius 1 is 0.630 bits per heavy atom. The van der Waals surface area contributed by atoms with E-state index in [0.29, 0.717) is 52.9 Å². The van der Waals surface area contributed by atoms with E-state index in [1.807, 2.05) is 0 Å². The van der Waals surface area contributed by atoms with Crippen LogP contribution in [0, 0.1) is 0 Å². The number of unbranched alkanes of at least 4 members (excludes halogenated alkanes) is 5. The van der Waals surface area contributed by atoms with E-state index in [1.165, 1.54) is 38.5 Å². The van der Waals surface area contributed by atoms with Crippen molar-refractivity contribution < 1.29 is 28.4 Å². The second-order valence-corrected chi connectivity index (χ2v) is 6.88. The van der Waals surface area contributed by atoms with Crippen molar-refractivity contribution in [1.29, 1.82) is 0 Å². The van der Waals surface area contributed by atoms with Gasteiger partial charge in [-0.05, 0) is 25.7 Å². The van der Waals surface area contributed by atoms with Gasteiger partial charge in [0.15, 0.2) is 6.29 Å². The van der Waals surface area contributed by atoms with E-state index in [-0.39, 0.29) is 6.29 Å². The van der Waals surface area contributed by atoms with Crippen LogP contribution >= 0.6 is 0 Å². The van der Waals surface area contributed by atoms with Crippen LogP contribution in [0.4, 0.5) is 0 Å². The van der Waals surface area contributed by atoms with E-state index in [9.17, 15) is 0 Å². The van der Waals surface area contributed by atoms with Crippen LogP contribution in [-0.4, -0.2) is 72.4 Å². The third-order valence-corrected chi connectivity index (χ3v) is 4.43. The van der Waals surface area contributed by atoms with Crippen molar-refractivity contribution in [3.8, 4) is 0 Å². The maximum Gasteiger partial charge on any atom is 0.157 e. The molecule has 0 aromatic carbocycles. The second-order valence-electron chi connectivity index (χ2n) is 6.88. The molecule has 0 amide bonds. The summed E-state index contributed by atoms with van der Waals surface area (Å²) in [6, 6.07) is 0. The van der Waals surface area contributed by atoms with E-state index < -0.39 is 0 Å². The van der Waals surface area contributed by atoms with E-state index in [1.54, 1.807) is 0 Å². The minimum absolute atomic E-state index is 0.0366. The number of hydrogen-bond acceptors (Lipinski definition) is 6. The summed E-state index contributed by atoms with van der Waals surface area (Å²) in [5.41, 5.74) is 0. The number of ether oxygens (including phenoxy) is 6. The van der Waals surface area contributed by atoms with Gasteiger partial charge in [0.2, 0.25) is 0 Å². The van der Waals surface area contributed by atoms with Crippen LogP contribution in [0.25, 0.3) is 0 Å². The molecule has 0 aromatic rings. The summed E-state index contributed by atoms with van der Waals surface area (Å²) in [6.07, 6.45) is 11.1. The first kappa shape index (κ1) is 24.8. The SMILES string of the molecule is CCCCCCCCOCCOCCOCCOCCOC1CCCCO1. The van der Waals surface area contributed by atoms with E-state index in [0.717, 1.165) is 32.5 Å². The highest BCUT2D eigenvalue weighted by molar-refractivity contribution is 4.53. The minimum atomic E-state index is -0.0366. The molecule has 0 bridgehead atoms. The molecular weight excluding hydrogens is 348 g/mol. The van der Waals surface area contributed by atoms with Crippen LogP contribution in [0.3, 0.4) is 0 Å². The average molecular weight is 391 g/mol. The minimum Gasteiger partial charge on any atom is -0.379 e. The molecule has 1 fully saturated rings. The maximum atomic E-state index is 5.59. The van der Waals surface area contributed by atoms with Crippen LogP contribution in [0.5, 0.6) is 0 Å². The third-order valence-electron chi connectivity index (χ3n) is 4.43. The Kier molecular flexibility index (Phi) is 18.8. The molecule has 0 N–H and O–H groups in total. The van der Waals surface area contributed by atoms with Crippen LogP contribution in [0.1, 0.15) is 64.7 Å². The van der Waals surface area contributed by atoms with Gasteiger partial charge in [-0.2, -0.15) is 0 Å². The summed E-state index contributed by atoms with van der Waals surface area (Å²) in [4.78, 5) is 0. The van der Waals surface area contributed by atoms with Crippen LogP contribution in [0.15, 0.2) is 0 Å². The molecule has 1 saturated heterocycles. The van der Waals surface area contributed by atoms with Crippen LogP contribution in [0.2, 0.25) is 0 Å². The Morgan fingerprint density at radius 3 is 1.78 bits per heavy atom. The van der Waals surface area contributed by atoms with Gasteiger partial charge in [0.05, 0.1) is 52.9 Å². The van der Waals surface area contributed by atoms with Gasteiger partial charge in [0.25, 0.3) is 0 Å². The smallest absolute Gasteiger partial charge is 0.157 e. The predicted octanol–water partition coefficient (Wildman–Crippen LogP) is 3.96. The zero-order chi connectivity index (χ0) is 19.3. The van der Waals surface area contributed by atoms with E-state index >= 15 is 0 Å². The molecule has 0 spiro atoms. The van der Waals surface area contributed by atoms with Gasteiger partial charge in [0.1, 0.15) is 0 Å². The summed E-state index contributed by atoms with van der Waals surface area (Å²) in [6.45, 7) is 8.71. The summed E-state index contributed by atoms with van der Waals surface area (Å²) in [7, 11) is 0. The highest BCUT2D eigenvalue weighted by atomic mass is 16.7. The topological polar surface area (TPSA) is 55.4 Å². The maximum absolute atomic E-state index is 5.59. The molecule has 1 heterocycles. The molecule has 1 rings (SSSR count). The molecule has 1 aliphatic rings. The lowest BCUT2D eigenvalue weighted by Crippen LogP contribution is -2.24. The van der Waals surface area contributed by atoms with Crippen molar-refractivity contribution in [2.24, 2.45) is 0 Å². The lowest BCUT2D eigenvalue weighted by atomic mass is 10.1. The summed E-state index contributed by atoms with van der Waals surface area (Å²) < 4.78 is 33.1. The molecule has 1 atom stereocenters. The monoisotopic (exact) mass is 390 g/mol. The first-order valence-electron chi connectivity index (χ1n) is 11.0. The van der Waals surface area contributed by atoms with Crippen molar-refractivity contribution in [2.45, 2.75) is 71.0 Å². The van der Waals surface area contributed by atoms with Crippen molar-refractivity contribution in [3.05, 3.63) is 0 Å². The molecule has 0 saturated carbocycles. The average Bonchev–Trinajstić information content (AvgIpc) is 2.70. The van der Waals surface area contributed by atoms with Gasteiger partial charge in [-0.1, -0.05) is 39.0 Å². The molecule has 6 heteroatoms. The van der Waals surface area contributed by atoms with E-state index in [2.05, 4.69) is 6.92 Å². The Bertz CT molecular complexity index is 284. The molecule has 1 unspecified atom stereocenters. The van der Waals surface area contributed by atoms with Gasteiger partial charge >= 0.3 is 0 Å². The third kappa shape index (κ3) is 17.6. The second kappa shape index (κ2) is 20.5. The Hall–Kier alpha value is -0.240. The van der Waals surface area contributed by atoms with Crippen LogP contribution in [-0.2, 0) is 28.4 Å². The van der Waals surface area contributed by atoms with Gasteiger partial charge in [-0.25, -0.2) is 0 Å².